The van der Waals surface area contributed by atoms with Crippen molar-refractivity contribution in [3.8, 4) is 0 Å². The number of esters is 1. The van der Waals surface area contributed by atoms with E-state index in [1.54, 1.807) is 0 Å². The number of hydrogen-bond acceptors (Lipinski definition) is 11. The number of oxime groups is 1. The van der Waals surface area contributed by atoms with E-state index in [1.165, 1.54) is 24.1 Å². The number of carbonyl (C=O) groups excluding carboxylic acids is 3. The molecule has 2 amide bonds. The molecule has 14 heteroatoms. The number of aliphatic carboxylic acids is 1. The summed E-state index contributed by atoms with van der Waals surface area (Å²) < 4.78 is 4.88. The first-order valence-electron chi connectivity index (χ1n) is 8.65. The van der Waals surface area contributed by atoms with Gasteiger partial charge in [0.15, 0.2) is 10.8 Å². The summed E-state index contributed by atoms with van der Waals surface area (Å²) in [5, 5.41) is 16.8. The van der Waals surface area contributed by atoms with Gasteiger partial charge in [-0.15, -0.1) is 23.1 Å². The monoisotopic (exact) mass is 467 g/mol. The molecule has 0 saturated carbocycles. The highest BCUT2D eigenvalue weighted by molar-refractivity contribution is 8.00. The number of anilines is 1. The van der Waals surface area contributed by atoms with Crippen LogP contribution in [0.2, 0.25) is 0 Å². The zero-order valence-corrected chi connectivity index (χ0v) is 17.7. The Morgan fingerprint density at radius 3 is 2.84 bits per heavy atom. The number of thiazole rings is 1. The van der Waals surface area contributed by atoms with Gasteiger partial charge >= 0.3 is 11.9 Å². The number of nitrogen functional groups attached to an aromatic ring is 1. The summed E-state index contributed by atoms with van der Waals surface area (Å²) in [4.78, 5) is 58.0. The Morgan fingerprint density at radius 1 is 1.52 bits per heavy atom. The molecule has 3 heterocycles. The molecule has 1 fully saturated rings. The molecule has 164 valence electrons. The van der Waals surface area contributed by atoms with Crippen LogP contribution in [0.4, 0.5) is 5.13 Å². The number of carbonyl (C=O) groups is 4. The third-order valence-corrected chi connectivity index (χ3v) is 6.20. The van der Waals surface area contributed by atoms with Gasteiger partial charge in [0.05, 0.1) is 0 Å². The predicted octanol–water partition coefficient (Wildman–Crippen LogP) is -0.109. The van der Waals surface area contributed by atoms with Crippen molar-refractivity contribution < 1.29 is 33.9 Å². The molecule has 4 N–H and O–H groups in total. The molecule has 0 aliphatic carbocycles. The van der Waals surface area contributed by atoms with Gasteiger partial charge in [0.25, 0.3) is 11.8 Å². The molecule has 1 aromatic heterocycles. The van der Waals surface area contributed by atoms with Crippen molar-refractivity contribution >= 4 is 57.7 Å². The fourth-order valence-corrected chi connectivity index (χ4v) is 4.76. The number of nitrogens with zero attached hydrogens (tertiary/aromatic N) is 3. The van der Waals surface area contributed by atoms with Crippen LogP contribution in [0.5, 0.6) is 0 Å². The lowest BCUT2D eigenvalue weighted by Crippen LogP contribution is -2.71. The van der Waals surface area contributed by atoms with Gasteiger partial charge in [-0.25, -0.2) is 9.78 Å². The van der Waals surface area contributed by atoms with E-state index in [4.69, 9.17) is 15.3 Å². The van der Waals surface area contributed by atoms with Gasteiger partial charge in [-0.2, -0.15) is 0 Å². The average molecular weight is 467 g/mol. The summed E-state index contributed by atoms with van der Waals surface area (Å²) in [7, 11) is 0. The van der Waals surface area contributed by atoms with Crippen LogP contribution in [0.3, 0.4) is 0 Å². The minimum Gasteiger partial charge on any atom is -0.477 e. The second-order valence-electron chi connectivity index (χ2n) is 6.18. The highest BCUT2D eigenvalue weighted by Crippen LogP contribution is 2.40. The highest BCUT2D eigenvalue weighted by atomic mass is 32.2. The largest absolute Gasteiger partial charge is 0.477 e. The lowest BCUT2D eigenvalue weighted by atomic mass is 10.0. The van der Waals surface area contributed by atoms with E-state index in [-0.39, 0.29) is 34.6 Å². The topological polar surface area (TPSA) is 174 Å². The highest BCUT2D eigenvalue weighted by Gasteiger charge is 2.54. The molecule has 0 spiro atoms. The van der Waals surface area contributed by atoms with Crippen molar-refractivity contribution in [2.45, 2.75) is 18.3 Å². The van der Waals surface area contributed by atoms with E-state index in [0.717, 1.165) is 22.5 Å². The molecule has 0 radical (unpaired) electrons. The Kier molecular flexibility index (Phi) is 6.60. The van der Waals surface area contributed by atoms with Crippen LogP contribution in [-0.4, -0.2) is 68.2 Å². The van der Waals surface area contributed by atoms with Gasteiger partial charge in [-0.1, -0.05) is 11.7 Å². The molecular formula is C17H17N5O7S2. The maximum absolute atomic E-state index is 12.7. The molecule has 2 aliphatic heterocycles. The second-order valence-corrected chi connectivity index (χ2v) is 8.18. The Balaban J connectivity index is 1.78. The van der Waals surface area contributed by atoms with Crippen LogP contribution in [0.15, 0.2) is 34.6 Å². The Bertz CT molecular complexity index is 1020. The molecule has 12 nitrogen and oxygen atoms in total. The summed E-state index contributed by atoms with van der Waals surface area (Å²) in [6.45, 7) is 4.31. The van der Waals surface area contributed by atoms with Crippen molar-refractivity contribution in [3.63, 3.8) is 0 Å². The van der Waals surface area contributed by atoms with E-state index in [1.807, 2.05) is 0 Å². The van der Waals surface area contributed by atoms with E-state index in [0.29, 0.717) is 5.57 Å². The van der Waals surface area contributed by atoms with E-state index in [2.05, 4.69) is 22.0 Å². The number of hydrogen-bond donors (Lipinski definition) is 3. The fraction of sp³-hybridized carbons (Fsp3) is 0.294. The van der Waals surface area contributed by atoms with E-state index >= 15 is 0 Å². The van der Waals surface area contributed by atoms with Gasteiger partial charge in [0.1, 0.15) is 35.7 Å². The summed E-state index contributed by atoms with van der Waals surface area (Å²) in [5.41, 5.74) is 5.57. The number of amides is 2. The molecule has 1 aromatic rings. The fourth-order valence-electron chi connectivity index (χ4n) is 2.88. The van der Waals surface area contributed by atoms with E-state index < -0.39 is 35.2 Å². The number of ether oxygens (including phenoxy) is 1. The Labute approximate surface area is 183 Å². The number of rotatable bonds is 8. The SMILES string of the molecule is C=CON=C(C(=O)NC1C(=O)N2C(C(=O)O)=C(COC(C)=O)CS[C@H]12)c1csc(N)n1. The van der Waals surface area contributed by atoms with Crippen LogP contribution < -0.4 is 11.1 Å². The normalized spacial score (nSPS) is 20.5. The number of aromatic nitrogens is 1. The number of nitrogens with two attached hydrogens (primary N) is 1. The van der Waals surface area contributed by atoms with Crippen molar-refractivity contribution in [1.29, 1.82) is 0 Å². The van der Waals surface area contributed by atoms with Gasteiger partial charge in [0, 0.05) is 23.6 Å². The van der Waals surface area contributed by atoms with Gasteiger partial charge < -0.3 is 25.7 Å². The van der Waals surface area contributed by atoms with Crippen LogP contribution in [-0.2, 0) is 28.8 Å². The smallest absolute Gasteiger partial charge is 0.352 e. The zero-order chi connectivity index (χ0) is 22.7. The Morgan fingerprint density at radius 2 is 2.26 bits per heavy atom. The first-order chi connectivity index (χ1) is 14.7. The minimum absolute atomic E-state index is 0.150. The number of β-lactam (4-membered cyclic amide) rings is 1. The molecule has 2 aliphatic rings. The summed E-state index contributed by atoms with van der Waals surface area (Å²) in [6.07, 6.45) is 1.00. The summed E-state index contributed by atoms with van der Waals surface area (Å²) in [6, 6.07) is -0.993. The third-order valence-electron chi connectivity index (χ3n) is 4.18. The predicted molar refractivity (Wildman–Crippen MR) is 111 cm³/mol. The van der Waals surface area contributed by atoms with Crippen LogP contribution in [0, 0.1) is 0 Å². The van der Waals surface area contributed by atoms with Crippen molar-refractivity contribution in [2.24, 2.45) is 5.16 Å². The zero-order valence-electron chi connectivity index (χ0n) is 16.1. The second kappa shape index (κ2) is 9.18. The van der Waals surface area contributed by atoms with Crippen molar-refractivity contribution in [2.75, 3.05) is 18.1 Å². The molecular weight excluding hydrogens is 450 g/mol. The standard InChI is InChI=1S/C17H17N5O7S2/c1-3-29-21-10(9-6-31-17(18)19-9)13(24)20-11-14(25)22-12(16(26)27)8(4-28-7(2)23)5-30-15(11)22/h3,6,11,15H,1,4-5H2,2H3,(H2,18,19)(H,20,24)(H,26,27)/t11?,15-/m1/s1. The molecule has 3 rings (SSSR count). The van der Waals surface area contributed by atoms with Gasteiger partial charge in [-0.3, -0.25) is 19.3 Å². The van der Waals surface area contributed by atoms with Crippen molar-refractivity contribution in [3.05, 3.63) is 35.2 Å². The molecule has 31 heavy (non-hydrogen) atoms. The van der Waals surface area contributed by atoms with Crippen LogP contribution in [0.25, 0.3) is 0 Å². The summed E-state index contributed by atoms with van der Waals surface area (Å²) >= 11 is 2.32. The summed E-state index contributed by atoms with van der Waals surface area (Å²) in [5.74, 6) is -3.06. The molecule has 0 bridgehead atoms. The maximum atomic E-state index is 12.7. The number of carboxylic acid groups (broad SMARTS) is 1. The molecule has 1 saturated heterocycles. The van der Waals surface area contributed by atoms with Crippen molar-refractivity contribution in [1.82, 2.24) is 15.2 Å². The van der Waals surface area contributed by atoms with Gasteiger partial charge in [-0.05, 0) is 0 Å². The van der Waals surface area contributed by atoms with Crippen LogP contribution in [0.1, 0.15) is 12.6 Å². The maximum Gasteiger partial charge on any atom is 0.352 e. The van der Waals surface area contributed by atoms with Crippen LogP contribution >= 0.6 is 23.1 Å². The Hall–Kier alpha value is -3.39. The lowest BCUT2D eigenvalue weighted by molar-refractivity contribution is -0.150. The number of nitrogens with one attached hydrogen (secondary N) is 1. The minimum atomic E-state index is -1.33. The molecule has 1 unspecified atom stereocenters. The first kappa shape index (κ1) is 22.3. The quantitative estimate of drug-likeness (QED) is 0.154. The lowest BCUT2D eigenvalue weighted by Gasteiger charge is -2.49. The number of fused-ring (bicyclic) bond motifs is 1. The molecule has 0 aromatic carbocycles. The first-order valence-corrected chi connectivity index (χ1v) is 10.6. The third kappa shape index (κ3) is 4.54. The number of carboxylic acids is 1. The number of thioether (sulfide) groups is 1. The van der Waals surface area contributed by atoms with E-state index in [9.17, 15) is 24.3 Å². The molecule has 2 atom stereocenters. The van der Waals surface area contributed by atoms with Gasteiger partial charge in [0.2, 0.25) is 0 Å². The average Bonchev–Trinajstić information content (AvgIpc) is 3.15.